The fraction of sp³-hybridized carbons (Fsp3) is 0.364. The van der Waals surface area contributed by atoms with E-state index in [2.05, 4.69) is 5.16 Å². The smallest absolute Gasteiger partial charge is 0.180 e. The van der Waals surface area contributed by atoms with Gasteiger partial charge in [-0.2, -0.15) is 0 Å². The standard InChI is InChI=1S/C11H14ClNO3/c1-7(2)16-11-9(12)4-8(6-13-14)5-10(11)15-3/h4-7,14H,1-3H3. The van der Waals surface area contributed by atoms with Crippen LogP contribution in [0.4, 0.5) is 0 Å². The van der Waals surface area contributed by atoms with E-state index < -0.39 is 0 Å². The Morgan fingerprint density at radius 3 is 2.62 bits per heavy atom. The maximum absolute atomic E-state index is 8.44. The second-order valence-electron chi connectivity index (χ2n) is 3.45. The lowest BCUT2D eigenvalue weighted by Gasteiger charge is -2.15. The largest absolute Gasteiger partial charge is 0.493 e. The van der Waals surface area contributed by atoms with E-state index in [0.717, 1.165) is 0 Å². The van der Waals surface area contributed by atoms with Crippen molar-refractivity contribution in [3.05, 3.63) is 22.7 Å². The zero-order chi connectivity index (χ0) is 12.1. The normalized spacial score (nSPS) is 11.1. The number of hydrogen-bond acceptors (Lipinski definition) is 4. The number of oxime groups is 1. The molecule has 0 saturated heterocycles. The highest BCUT2D eigenvalue weighted by Crippen LogP contribution is 2.36. The van der Waals surface area contributed by atoms with E-state index in [1.54, 1.807) is 12.1 Å². The van der Waals surface area contributed by atoms with Crippen molar-refractivity contribution >= 4 is 17.8 Å². The van der Waals surface area contributed by atoms with Gasteiger partial charge in [0.1, 0.15) is 0 Å². The molecule has 0 saturated carbocycles. The van der Waals surface area contributed by atoms with Crippen LogP contribution in [0.2, 0.25) is 5.02 Å². The summed E-state index contributed by atoms with van der Waals surface area (Å²) in [6.07, 6.45) is 1.27. The van der Waals surface area contributed by atoms with Crippen LogP contribution in [0.3, 0.4) is 0 Å². The number of benzene rings is 1. The Balaban J connectivity index is 3.17. The molecule has 1 N–H and O–H groups in total. The maximum atomic E-state index is 8.44. The first-order valence-corrected chi connectivity index (χ1v) is 5.18. The Kier molecular flexibility index (Phi) is 4.43. The van der Waals surface area contributed by atoms with Gasteiger partial charge in [0, 0.05) is 5.56 Å². The van der Waals surface area contributed by atoms with Crippen LogP contribution in [0.25, 0.3) is 0 Å². The first-order valence-electron chi connectivity index (χ1n) is 4.80. The lowest BCUT2D eigenvalue weighted by atomic mass is 10.2. The molecule has 0 fully saturated rings. The van der Waals surface area contributed by atoms with Crippen LogP contribution in [0.15, 0.2) is 17.3 Å². The number of methoxy groups -OCH3 is 1. The second kappa shape index (κ2) is 5.61. The van der Waals surface area contributed by atoms with Crippen LogP contribution >= 0.6 is 11.6 Å². The molecule has 0 aromatic heterocycles. The van der Waals surface area contributed by atoms with Gasteiger partial charge in [0.05, 0.1) is 24.5 Å². The van der Waals surface area contributed by atoms with Crippen molar-refractivity contribution in [1.29, 1.82) is 0 Å². The van der Waals surface area contributed by atoms with E-state index in [9.17, 15) is 0 Å². The van der Waals surface area contributed by atoms with Crippen LogP contribution in [0, 0.1) is 0 Å². The molecule has 4 nitrogen and oxygen atoms in total. The van der Waals surface area contributed by atoms with Crippen molar-refractivity contribution in [2.45, 2.75) is 20.0 Å². The first kappa shape index (κ1) is 12.6. The molecule has 16 heavy (non-hydrogen) atoms. The zero-order valence-corrected chi connectivity index (χ0v) is 10.2. The third-order valence-electron chi connectivity index (χ3n) is 1.81. The van der Waals surface area contributed by atoms with E-state index >= 15 is 0 Å². The van der Waals surface area contributed by atoms with E-state index in [1.807, 2.05) is 13.8 Å². The van der Waals surface area contributed by atoms with E-state index in [4.69, 9.17) is 26.3 Å². The van der Waals surface area contributed by atoms with Crippen LogP contribution in [0.1, 0.15) is 19.4 Å². The predicted molar refractivity (Wildman–Crippen MR) is 63.1 cm³/mol. The van der Waals surface area contributed by atoms with Crippen LogP contribution in [-0.2, 0) is 0 Å². The summed E-state index contributed by atoms with van der Waals surface area (Å²) in [5, 5.41) is 11.8. The molecule has 0 amide bonds. The molecular formula is C11H14ClNO3. The highest BCUT2D eigenvalue weighted by atomic mass is 35.5. The van der Waals surface area contributed by atoms with Gasteiger partial charge in [-0.15, -0.1) is 0 Å². The third-order valence-corrected chi connectivity index (χ3v) is 2.09. The maximum Gasteiger partial charge on any atom is 0.180 e. The molecule has 0 aliphatic carbocycles. The zero-order valence-electron chi connectivity index (χ0n) is 9.40. The molecule has 0 atom stereocenters. The lowest BCUT2D eigenvalue weighted by Crippen LogP contribution is -2.07. The summed E-state index contributed by atoms with van der Waals surface area (Å²) >= 11 is 6.04. The average Bonchev–Trinajstić information content (AvgIpc) is 2.21. The molecule has 0 bridgehead atoms. The Bertz CT molecular complexity index is 391. The van der Waals surface area contributed by atoms with Crippen molar-refractivity contribution < 1.29 is 14.7 Å². The molecular weight excluding hydrogens is 230 g/mol. The van der Waals surface area contributed by atoms with Crippen LogP contribution < -0.4 is 9.47 Å². The van der Waals surface area contributed by atoms with Crippen molar-refractivity contribution in [2.24, 2.45) is 5.16 Å². The summed E-state index contributed by atoms with van der Waals surface area (Å²) in [5.74, 6) is 1.00. The van der Waals surface area contributed by atoms with Crippen LogP contribution in [-0.4, -0.2) is 24.6 Å². The summed E-state index contributed by atoms with van der Waals surface area (Å²) < 4.78 is 10.7. The summed E-state index contributed by atoms with van der Waals surface area (Å²) in [6, 6.07) is 3.32. The molecule has 1 aromatic carbocycles. The Labute approximate surface area is 99.4 Å². The van der Waals surface area contributed by atoms with Crippen molar-refractivity contribution in [2.75, 3.05) is 7.11 Å². The predicted octanol–water partition coefficient (Wildman–Crippen LogP) is 2.94. The van der Waals surface area contributed by atoms with Gasteiger partial charge < -0.3 is 14.7 Å². The number of rotatable bonds is 4. The highest BCUT2D eigenvalue weighted by Gasteiger charge is 2.12. The number of halogens is 1. The number of nitrogens with zero attached hydrogens (tertiary/aromatic N) is 1. The van der Waals surface area contributed by atoms with Gasteiger partial charge in [-0.25, -0.2) is 0 Å². The van der Waals surface area contributed by atoms with Crippen LogP contribution in [0.5, 0.6) is 11.5 Å². The summed E-state index contributed by atoms with van der Waals surface area (Å²) in [6.45, 7) is 3.80. The van der Waals surface area contributed by atoms with E-state index in [1.165, 1.54) is 13.3 Å². The summed E-state index contributed by atoms with van der Waals surface area (Å²) in [5.41, 5.74) is 0.639. The minimum absolute atomic E-state index is 0.00348. The number of hydrogen-bond donors (Lipinski definition) is 1. The summed E-state index contributed by atoms with van der Waals surface area (Å²) in [4.78, 5) is 0. The number of ether oxygens (including phenoxy) is 2. The fourth-order valence-electron chi connectivity index (χ4n) is 1.23. The van der Waals surface area contributed by atoms with Gasteiger partial charge in [-0.1, -0.05) is 16.8 Å². The van der Waals surface area contributed by atoms with Gasteiger partial charge in [-0.3, -0.25) is 0 Å². The Hall–Kier alpha value is -1.42. The summed E-state index contributed by atoms with van der Waals surface area (Å²) in [7, 11) is 1.53. The molecule has 0 radical (unpaired) electrons. The van der Waals surface area contributed by atoms with Crippen molar-refractivity contribution in [3.8, 4) is 11.5 Å². The molecule has 5 heteroatoms. The highest BCUT2D eigenvalue weighted by molar-refractivity contribution is 6.32. The quantitative estimate of drug-likeness (QED) is 0.503. The van der Waals surface area contributed by atoms with Gasteiger partial charge in [0.25, 0.3) is 0 Å². The minimum Gasteiger partial charge on any atom is -0.493 e. The van der Waals surface area contributed by atoms with Gasteiger partial charge in [0.15, 0.2) is 11.5 Å². The van der Waals surface area contributed by atoms with Gasteiger partial charge in [-0.05, 0) is 26.0 Å². The van der Waals surface area contributed by atoms with E-state index in [-0.39, 0.29) is 6.10 Å². The molecule has 88 valence electrons. The molecule has 0 aliphatic heterocycles. The SMILES string of the molecule is COc1cc(C=NO)cc(Cl)c1OC(C)C. The topological polar surface area (TPSA) is 51.0 Å². The molecule has 1 rings (SSSR count). The van der Waals surface area contributed by atoms with E-state index in [0.29, 0.717) is 22.1 Å². The Morgan fingerprint density at radius 2 is 2.12 bits per heavy atom. The molecule has 0 aliphatic rings. The van der Waals surface area contributed by atoms with Crippen molar-refractivity contribution in [1.82, 2.24) is 0 Å². The molecule has 0 unspecified atom stereocenters. The van der Waals surface area contributed by atoms with Crippen molar-refractivity contribution in [3.63, 3.8) is 0 Å². The van der Waals surface area contributed by atoms with Gasteiger partial charge in [0.2, 0.25) is 0 Å². The third kappa shape index (κ3) is 3.03. The minimum atomic E-state index is 0.00348. The van der Waals surface area contributed by atoms with Gasteiger partial charge >= 0.3 is 0 Å². The first-order chi connectivity index (χ1) is 7.58. The molecule has 0 heterocycles. The molecule has 0 spiro atoms. The lowest BCUT2D eigenvalue weighted by molar-refractivity contribution is 0.230. The fourth-order valence-corrected chi connectivity index (χ4v) is 1.49. The Morgan fingerprint density at radius 1 is 1.44 bits per heavy atom. The second-order valence-corrected chi connectivity index (χ2v) is 3.85. The molecule has 1 aromatic rings. The average molecular weight is 244 g/mol. The monoisotopic (exact) mass is 243 g/mol.